The summed E-state index contributed by atoms with van der Waals surface area (Å²) in [4.78, 5) is 39.4. The predicted molar refractivity (Wildman–Crippen MR) is 195 cm³/mol. The van der Waals surface area contributed by atoms with E-state index in [9.17, 15) is 22.8 Å². The molecule has 1 amide bonds. The van der Waals surface area contributed by atoms with Gasteiger partial charge < -0.3 is 19.9 Å². The van der Waals surface area contributed by atoms with Crippen LogP contribution in [0.3, 0.4) is 0 Å². The van der Waals surface area contributed by atoms with Crippen LogP contribution in [-0.2, 0) is 0 Å². The van der Waals surface area contributed by atoms with Gasteiger partial charge in [0.2, 0.25) is 0 Å². The highest BCUT2D eigenvalue weighted by Crippen LogP contribution is 2.24. The minimum absolute atomic E-state index is 0.194. The Morgan fingerprint density at radius 2 is 1.23 bits per heavy atom. The smallest absolute Gasteiger partial charge is 0.257 e. The first-order valence-corrected chi connectivity index (χ1v) is 16.5. The number of nitrogens with two attached hydrogens (primary N) is 1. The lowest BCUT2D eigenvalue weighted by Crippen LogP contribution is -2.14. The number of pyridine rings is 2. The van der Waals surface area contributed by atoms with E-state index < -0.39 is 34.2 Å². The van der Waals surface area contributed by atoms with E-state index in [-0.39, 0.29) is 10.9 Å². The molecule has 0 saturated heterocycles. The third kappa shape index (κ3) is 11.4. The monoisotopic (exact) mass is 774 g/mol. The van der Waals surface area contributed by atoms with Crippen molar-refractivity contribution < 1.29 is 31.6 Å². The van der Waals surface area contributed by atoms with Gasteiger partial charge >= 0.3 is 0 Å². The molecule has 16 heteroatoms. The van der Waals surface area contributed by atoms with E-state index in [1.54, 1.807) is 50.5 Å². The number of amides is 1. The Morgan fingerprint density at radius 3 is 1.65 bits per heavy atom. The van der Waals surface area contributed by atoms with Crippen LogP contribution in [0.2, 0.25) is 0 Å². The second-order valence-corrected chi connectivity index (χ2v) is 11.7. The lowest BCUT2D eigenvalue weighted by molar-refractivity contribution is 0.102. The first-order chi connectivity index (χ1) is 24.7. The molecular weight excluding hydrogens is 744 g/mol. The lowest BCUT2D eigenvalue weighted by Gasteiger charge is -2.08. The van der Waals surface area contributed by atoms with Crippen LogP contribution in [0.5, 0.6) is 0 Å². The average molecular weight is 776 g/mol. The highest BCUT2D eigenvalue weighted by Gasteiger charge is 2.15. The Hall–Kier alpha value is -5.24. The number of aromatic nitrogens is 4. The van der Waals surface area contributed by atoms with E-state index >= 15 is 0 Å². The molecule has 4 heterocycles. The van der Waals surface area contributed by atoms with Crippen molar-refractivity contribution in [3.05, 3.63) is 131 Å². The molecule has 6 rings (SSSR count). The second kappa shape index (κ2) is 19.4. The fourth-order valence-corrected chi connectivity index (χ4v) is 4.59. The summed E-state index contributed by atoms with van der Waals surface area (Å²) in [6.45, 7) is 8.88. The quantitative estimate of drug-likeness (QED) is 0.129. The van der Waals surface area contributed by atoms with Gasteiger partial charge in [-0.1, -0.05) is 12.1 Å². The van der Waals surface area contributed by atoms with Crippen molar-refractivity contribution in [2.75, 3.05) is 16.4 Å². The molecule has 0 fully saturated rings. The Kier molecular flexibility index (Phi) is 15.4. The normalized spacial score (nSPS) is 10.1. The van der Waals surface area contributed by atoms with E-state index in [0.29, 0.717) is 34.7 Å². The number of nitrogens with zero attached hydrogens (tertiary/aromatic N) is 4. The van der Waals surface area contributed by atoms with E-state index in [2.05, 4.69) is 25.3 Å². The maximum absolute atomic E-state index is 13.5. The summed E-state index contributed by atoms with van der Waals surface area (Å²) in [5.41, 5.74) is 8.91. The number of carbonyl (C=O) groups is 2. The molecule has 6 aromatic rings. The average Bonchev–Trinajstić information content (AvgIpc) is 3.63. The van der Waals surface area contributed by atoms with Crippen molar-refractivity contribution in [3.8, 4) is 22.5 Å². The number of rotatable bonds is 5. The van der Waals surface area contributed by atoms with Crippen LogP contribution in [0, 0.1) is 52.1 Å². The zero-order valence-corrected chi connectivity index (χ0v) is 30.7. The number of alkyl halides is 2. The molecule has 0 spiro atoms. The Bertz CT molecular complexity index is 2130. The standard InChI is InChI=1S/C18H16FN3O2.C10H11N3O.C7H3ClF2O.CH2Cl2/c1-10-14(5-4-6-15(10)19)18(23)22-16-8-7-13(9-20-16)17-11(2)24-12(3)21-17;1-6-10(13-7(2)14-6)8-3-4-9(11)12-5-8;8-7(11)4-2-1-3-5(9)6(4)10;2-1-3/h4-9H,1-3H3,(H,20,22,23);3-5H,1-2H3,(H2,11,12);1-3H;1H2. The molecule has 0 radical (unpaired) electrons. The molecule has 0 bridgehead atoms. The van der Waals surface area contributed by atoms with Crippen molar-refractivity contribution in [2.45, 2.75) is 34.6 Å². The molecule has 0 aliphatic heterocycles. The van der Waals surface area contributed by atoms with Gasteiger partial charge in [-0.2, -0.15) is 0 Å². The second-order valence-electron chi connectivity index (χ2n) is 10.5. The molecule has 2 aromatic carbocycles. The van der Waals surface area contributed by atoms with E-state index in [4.69, 9.17) is 49.4 Å². The first kappa shape index (κ1) is 41.2. The van der Waals surface area contributed by atoms with Gasteiger partial charge in [-0.15, -0.1) is 23.2 Å². The van der Waals surface area contributed by atoms with Crippen molar-refractivity contribution in [2.24, 2.45) is 0 Å². The minimum Gasteiger partial charge on any atom is -0.446 e. The molecule has 0 aliphatic carbocycles. The Balaban J connectivity index is 0.000000220. The van der Waals surface area contributed by atoms with Crippen LogP contribution in [0.15, 0.2) is 81.9 Å². The molecule has 0 atom stereocenters. The highest BCUT2D eigenvalue weighted by molar-refractivity contribution is 6.67. The van der Waals surface area contributed by atoms with Crippen molar-refractivity contribution in [1.29, 1.82) is 0 Å². The number of oxazole rings is 2. The molecule has 0 unspecified atom stereocenters. The molecule has 0 aliphatic rings. The van der Waals surface area contributed by atoms with E-state index in [0.717, 1.165) is 40.4 Å². The van der Waals surface area contributed by atoms with Gasteiger partial charge in [0.05, 0.1) is 10.9 Å². The topological polar surface area (TPSA) is 150 Å². The van der Waals surface area contributed by atoms with Crippen LogP contribution in [0.1, 0.15) is 49.6 Å². The summed E-state index contributed by atoms with van der Waals surface area (Å²) < 4.78 is 49.2. The van der Waals surface area contributed by atoms with Gasteiger partial charge in [-0.05, 0) is 86.5 Å². The molecule has 0 saturated carbocycles. The molecular formula is C36H32Cl3F3N6O4. The summed E-state index contributed by atoms with van der Waals surface area (Å²) in [6.07, 6.45) is 3.30. The number of nitrogen functional groups attached to an aromatic ring is 1. The van der Waals surface area contributed by atoms with Crippen LogP contribution in [-0.4, -0.2) is 36.4 Å². The fourth-order valence-electron chi connectivity index (χ4n) is 4.44. The van der Waals surface area contributed by atoms with Crippen LogP contribution >= 0.6 is 34.8 Å². The largest absolute Gasteiger partial charge is 0.446 e. The Morgan fingerprint density at radius 1 is 0.731 bits per heavy atom. The van der Waals surface area contributed by atoms with Crippen LogP contribution in [0.4, 0.5) is 24.8 Å². The SMILES string of the molecule is Cc1nc(-c2ccc(N)nc2)c(C)o1.Cc1nc(-c2ccc(NC(=O)c3cccc(F)c3C)nc2)c(C)o1.ClCCl.O=C(Cl)c1cccc(F)c1F. The van der Waals surface area contributed by atoms with Crippen molar-refractivity contribution >= 4 is 57.6 Å². The third-order valence-electron chi connectivity index (χ3n) is 6.82. The summed E-state index contributed by atoms with van der Waals surface area (Å²) in [5, 5.41) is 1.86. The zero-order chi connectivity index (χ0) is 38.5. The van der Waals surface area contributed by atoms with Gasteiger partial charge in [0.15, 0.2) is 23.4 Å². The number of benzene rings is 2. The third-order valence-corrected chi connectivity index (χ3v) is 7.02. The summed E-state index contributed by atoms with van der Waals surface area (Å²) in [5.74, 6) is 0.552. The van der Waals surface area contributed by atoms with E-state index in [1.807, 2.05) is 26.8 Å². The number of hydrogen-bond donors (Lipinski definition) is 2. The summed E-state index contributed by atoms with van der Waals surface area (Å²) >= 11 is 14.5. The number of carbonyl (C=O) groups excluding carboxylic acids is 2. The van der Waals surface area contributed by atoms with Gasteiger partial charge in [-0.25, -0.2) is 33.1 Å². The van der Waals surface area contributed by atoms with Crippen molar-refractivity contribution in [1.82, 2.24) is 19.9 Å². The van der Waals surface area contributed by atoms with Crippen molar-refractivity contribution in [3.63, 3.8) is 0 Å². The van der Waals surface area contributed by atoms with E-state index in [1.165, 1.54) is 18.2 Å². The summed E-state index contributed by atoms with van der Waals surface area (Å²) in [7, 11) is 0. The molecule has 52 heavy (non-hydrogen) atoms. The number of hydrogen-bond acceptors (Lipinski definition) is 9. The van der Waals surface area contributed by atoms with Gasteiger partial charge in [0, 0.05) is 42.9 Å². The summed E-state index contributed by atoms with van der Waals surface area (Å²) in [6, 6.07) is 14.7. The highest BCUT2D eigenvalue weighted by atomic mass is 35.5. The van der Waals surface area contributed by atoms with Gasteiger partial charge in [-0.3, -0.25) is 9.59 Å². The predicted octanol–water partition coefficient (Wildman–Crippen LogP) is 9.75. The molecule has 272 valence electrons. The number of aryl methyl sites for hydroxylation is 4. The maximum Gasteiger partial charge on any atom is 0.257 e. The maximum atomic E-state index is 13.5. The number of halogens is 6. The number of anilines is 2. The minimum atomic E-state index is -1.20. The fraction of sp³-hybridized carbons (Fsp3) is 0.167. The zero-order valence-electron chi connectivity index (χ0n) is 28.4. The van der Waals surface area contributed by atoms with Crippen LogP contribution in [0.25, 0.3) is 22.5 Å². The number of nitrogens with one attached hydrogen (secondary N) is 1. The van der Waals surface area contributed by atoms with Gasteiger partial charge in [0.25, 0.3) is 11.1 Å². The molecule has 10 nitrogen and oxygen atoms in total. The van der Waals surface area contributed by atoms with Crippen LogP contribution < -0.4 is 11.1 Å². The Labute approximate surface area is 312 Å². The molecule has 3 N–H and O–H groups in total. The van der Waals surface area contributed by atoms with Gasteiger partial charge in [0.1, 0.15) is 40.4 Å². The molecule has 4 aromatic heterocycles. The first-order valence-electron chi connectivity index (χ1n) is 15.0. The lowest BCUT2D eigenvalue weighted by atomic mass is 10.1.